The van der Waals surface area contributed by atoms with Crippen LogP contribution in [0, 0.1) is 0 Å². The lowest BCUT2D eigenvalue weighted by Crippen LogP contribution is -2.05. The van der Waals surface area contributed by atoms with Crippen molar-refractivity contribution in [1.29, 1.82) is 0 Å². The number of hydrogen-bond acceptors (Lipinski definition) is 3. The molecule has 0 atom stereocenters. The van der Waals surface area contributed by atoms with Gasteiger partial charge >= 0.3 is 12.1 Å². The first-order valence-electron chi connectivity index (χ1n) is 5.46. The van der Waals surface area contributed by atoms with Crippen LogP contribution in [-0.4, -0.2) is 11.0 Å². The summed E-state index contributed by atoms with van der Waals surface area (Å²) < 4.78 is 42.6. The molecule has 0 fully saturated rings. The van der Waals surface area contributed by atoms with Crippen LogP contribution >= 0.6 is 0 Å². The van der Waals surface area contributed by atoms with E-state index in [4.69, 9.17) is 4.74 Å². The van der Waals surface area contributed by atoms with Crippen LogP contribution in [-0.2, 0) is 22.3 Å². The van der Waals surface area contributed by atoms with Gasteiger partial charge in [0.2, 0.25) is 0 Å². The molecule has 2 rings (SSSR count). The Hall–Kier alpha value is -2.11. The minimum Gasteiger partial charge on any atom is -0.461 e. The zero-order chi connectivity index (χ0) is 14.0. The number of benzene rings is 1. The largest absolute Gasteiger partial charge is 0.461 e. The predicted octanol–water partition coefficient (Wildman–Crippen LogP) is 3.32. The van der Waals surface area contributed by atoms with E-state index >= 15 is 0 Å². The van der Waals surface area contributed by atoms with E-state index in [1.807, 2.05) is 0 Å². The second kappa shape index (κ2) is 4.87. The average molecular weight is 269 g/mol. The summed E-state index contributed by atoms with van der Waals surface area (Å²) in [7, 11) is 0. The molecule has 19 heavy (non-hydrogen) atoms. The van der Waals surface area contributed by atoms with Gasteiger partial charge in [-0.05, 0) is 18.2 Å². The van der Waals surface area contributed by atoms with Crippen molar-refractivity contribution in [2.75, 3.05) is 0 Å². The topological polar surface area (TPSA) is 39.2 Å². The Morgan fingerprint density at radius 3 is 2.68 bits per heavy atom. The van der Waals surface area contributed by atoms with Crippen molar-refractivity contribution in [3.63, 3.8) is 0 Å². The fourth-order valence-corrected chi connectivity index (χ4v) is 1.69. The molecule has 0 radical (unpaired) electrons. The summed E-state index contributed by atoms with van der Waals surface area (Å²) in [4.78, 5) is 14.7. The summed E-state index contributed by atoms with van der Waals surface area (Å²) in [5, 5.41) is 0.539. The SMILES string of the molecule is CC(=O)OCc1ccnc2cc(C(F)(F)F)ccc12. The van der Waals surface area contributed by atoms with E-state index in [9.17, 15) is 18.0 Å². The van der Waals surface area contributed by atoms with Crippen molar-refractivity contribution < 1.29 is 22.7 Å². The Morgan fingerprint density at radius 1 is 1.32 bits per heavy atom. The van der Waals surface area contributed by atoms with Crippen LogP contribution in [0.15, 0.2) is 30.5 Å². The van der Waals surface area contributed by atoms with Crippen molar-refractivity contribution in [3.05, 3.63) is 41.6 Å². The summed E-state index contributed by atoms with van der Waals surface area (Å²) in [5.41, 5.74) is 0.0885. The number of rotatable bonds is 2. The quantitative estimate of drug-likeness (QED) is 0.785. The molecule has 0 aliphatic heterocycles. The number of carbonyl (C=O) groups excluding carboxylic acids is 1. The summed E-state index contributed by atoms with van der Waals surface area (Å²) in [5.74, 6) is -0.447. The van der Waals surface area contributed by atoms with Gasteiger partial charge < -0.3 is 4.74 Å². The zero-order valence-corrected chi connectivity index (χ0v) is 9.99. The highest BCUT2D eigenvalue weighted by atomic mass is 19.4. The number of halogens is 3. The van der Waals surface area contributed by atoms with Crippen molar-refractivity contribution in [3.8, 4) is 0 Å². The molecule has 1 heterocycles. The molecule has 0 spiro atoms. The molecular formula is C13H10F3NO2. The van der Waals surface area contributed by atoms with Crippen LogP contribution < -0.4 is 0 Å². The summed E-state index contributed by atoms with van der Waals surface area (Å²) >= 11 is 0. The maximum atomic E-state index is 12.6. The number of alkyl halides is 3. The minimum atomic E-state index is -4.40. The van der Waals surface area contributed by atoms with Crippen molar-refractivity contribution >= 4 is 16.9 Å². The summed E-state index contributed by atoms with van der Waals surface area (Å²) in [6, 6.07) is 4.91. The predicted molar refractivity (Wildman–Crippen MR) is 62.2 cm³/mol. The maximum absolute atomic E-state index is 12.6. The lowest BCUT2D eigenvalue weighted by Gasteiger charge is -2.10. The number of aromatic nitrogens is 1. The van der Waals surface area contributed by atoms with Gasteiger partial charge in [-0.15, -0.1) is 0 Å². The normalized spacial score (nSPS) is 11.6. The third kappa shape index (κ3) is 3.01. The smallest absolute Gasteiger partial charge is 0.416 e. The maximum Gasteiger partial charge on any atom is 0.416 e. The van der Waals surface area contributed by atoms with Gasteiger partial charge in [0, 0.05) is 24.1 Å². The van der Waals surface area contributed by atoms with Gasteiger partial charge in [0.1, 0.15) is 6.61 Å². The highest BCUT2D eigenvalue weighted by Crippen LogP contribution is 2.31. The second-order valence-electron chi connectivity index (χ2n) is 3.98. The number of ether oxygens (including phenoxy) is 1. The van der Waals surface area contributed by atoms with Gasteiger partial charge in [0.05, 0.1) is 11.1 Å². The first-order valence-corrected chi connectivity index (χ1v) is 5.46. The third-order valence-electron chi connectivity index (χ3n) is 2.59. The lowest BCUT2D eigenvalue weighted by atomic mass is 10.1. The van der Waals surface area contributed by atoms with Crippen molar-refractivity contribution in [2.24, 2.45) is 0 Å². The molecule has 3 nitrogen and oxygen atoms in total. The van der Waals surface area contributed by atoms with E-state index in [0.29, 0.717) is 10.9 Å². The standard InChI is InChI=1S/C13H10F3NO2/c1-8(18)19-7-9-4-5-17-12-6-10(13(14,15)16)2-3-11(9)12/h2-6H,7H2,1H3. The van der Waals surface area contributed by atoms with Gasteiger partial charge in [-0.25, -0.2) is 0 Å². The van der Waals surface area contributed by atoms with Crippen molar-refractivity contribution in [1.82, 2.24) is 4.98 Å². The zero-order valence-electron chi connectivity index (χ0n) is 9.99. The molecule has 100 valence electrons. The molecule has 0 N–H and O–H groups in total. The molecule has 0 aliphatic carbocycles. The highest BCUT2D eigenvalue weighted by molar-refractivity contribution is 5.82. The number of esters is 1. The van der Waals surface area contributed by atoms with Crippen LogP contribution in [0.2, 0.25) is 0 Å². The van der Waals surface area contributed by atoms with Crippen LogP contribution in [0.1, 0.15) is 18.1 Å². The molecule has 0 saturated heterocycles. The average Bonchev–Trinajstić information content (AvgIpc) is 2.34. The molecule has 6 heteroatoms. The Balaban J connectivity index is 2.44. The molecule has 0 unspecified atom stereocenters. The van der Waals surface area contributed by atoms with Crippen LogP contribution in [0.4, 0.5) is 13.2 Å². The number of carbonyl (C=O) groups is 1. The Morgan fingerprint density at radius 2 is 2.05 bits per heavy atom. The van der Waals surface area contributed by atoms with E-state index in [1.165, 1.54) is 19.2 Å². The van der Waals surface area contributed by atoms with Crippen LogP contribution in [0.3, 0.4) is 0 Å². The summed E-state index contributed by atoms with van der Waals surface area (Å²) in [6.45, 7) is 1.28. The number of fused-ring (bicyclic) bond motifs is 1. The van der Waals surface area contributed by atoms with E-state index in [0.717, 1.165) is 12.1 Å². The second-order valence-corrected chi connectivity index (χ2v) is 3.98. The minimum absolute atomic E-state index is 0.0136. The first-order chi connectivity index (χ1) is 8.88. The van der Waals surface area contributed by atoms with Gasteiger partial charge in [-0.1, -0.05) is 6.07 Å². The van der Waals surface area contributed by atoms with Crippen LogP contribution in [0.25, 0.3) is 10.9 Å². The molecule has 0 bridgehead atoms. The number of nitrogens with zero attached hydrogens (tertiary/aromatic N) is 1. The number of hydrogen-bond donors (Lipinski definition) is 0. The molecule has 0 aliphatic rings. The Labute approximate surface area is 107 Å². The van der Waals surface area contributed by atoms with Gasteiger partial charge in [0.15, 0.2) is 0 Å². The molecule has 0 saturated carbocycles. The third-order valence-corrected chi connectivity index (χ3v) is 2.59. The highest BCUT2D eigenvalue weighted by Gasteiger charge is 2.30. The Bertz CT molecular complexity index is 623. The molecule has 1 aromatic heterocycles. The molecule has 0 amide bonds. The molecular weight excluding hydrogens is 259 g/mol. The summed E-state index contributed by atoms with van der Waals surface area (Å²) in [6.07, 6.45) is -3.01. The molecule has 1 aromatic carbocycles. The van der Waals surface area contributed by atoms with E-state index in [1.54, 1.807) is 6.07 Å². The fraction of sp³-hybridized carbons (Fsp3) is 0.231. The van der Waals surface area contributed by atoms with Crippen molar-refractivity contribution in [2.45, 2.75) is 19.7 Å². The van der Waals surface area contributed by atoms with E-state index in [2.05, 4.69) is 4.98 Å². The monoisotopic (exact) mass is 269 g/mol. The van der Waals surface area contributed by atoms with Gasteiger partial charge in [-0.3, -0.25) is 9.78 Å². The number of pyridine rings is 1. The Kier molecular flexibility index (Phi) is 3.42. The van der Waals surface area contributed by atoms with Gasteiger partial charge in [0.25, 0.3) is 0 Å². The van der Waals surface area contributed by atoms with Gasteiger partial charge in [-0.2, -0.15) is 13.2 Å². The lowest BCUT2D eigenvalue weighted by molar-refractivity contribution is -0.142. The van der Waals surface area contributed by atoms with E-state index in [-0.39, 0.29) is 12.1 Å². The fourth-order valence-electron chi connectivity index (χ4n) is 1.69. The van der Waals surface area contributed by atoms with E-state index < -0.39 is 17.7 Å². The first kappa shape index (κ1) is 13.3. The van der Waals surface area contributed by atoms with Crippen LogP contribution in [0.5, 0.6) is 0 Å². The molecule has 2 aromatic rings.